The summed E-state index contributed by atoms with van der Waals surface area (Å²) in [5.41, 5.74) is 7.20. The van der Waals surface area contributed by atoms with Crippen molar-refractivity contribution >= 4 is 5.69 Å². The molecular formula is C10H14N4. The molecule has 4 nitrogen and oxygen atoms in total. The maximum Gasteiger partial charge on any atom is 0.0729 e. The molecule has 2 aliphatic heterocycles. The second-order valence-corrected chi connectivity index (χ2v) is 4.34. The van der Waals surface area contributed by atoms with Gasteiger partial charge in [-0.2, -0.15) is 10.2 Å². The van der Waals surface area contributed by atoms with Gasteiger partial charge in [-0.3, -0.25) is 0 Å². The Balaban J connectivity index is 1.77. The topological polar surface area (TPSA) is 55.0 Å². The number of nitrogens with zero attached hydrogens (tertiary/aromatic N) is 3. The molecule has 3 atom stereocenters. The molecule has 1 aromatic rings. The molecule has 1 unspecified atom stereocenters. The minimum absolute atomic E-state index is 0.445. The van der Waals surface area contributed by atoms with Crippen LogP contribution in [0.25, 0.3) is 0 Å². The Morgan fingerprint density at radius 1 is 1.29 bits per heavy atom. The highest BCUT2D eigenvalue weighted by Crippen LogP contribution is 2.39. The average molecular weight is 190 g/mol. The van der Waals surface area contributed by atoms with Crippen LogP contribution in [0.4, 0.5) is 5.69 Å². The Morgan fingerprint density at radius 2 is 2.07 bits per heavy atom. The molecule has 0 spiro atoms. The Hall–Kier alpha value is -1.16. The molecule has 1 aliphatic carbocycles. The first-order chi connectivity index (χ1) is 6.84. The lowest BCUT2D eigenvalue weighted by Crippen LogP contribution is -2.62. The van der Waals surface area contributed by atoms with Crippen LogP contribution in [-0.4, -0.2) is 29.3 Å². The van der Waals surface area contributed by atoms with Gasteiger partial charge in [-0.05, 0) is 24.3 Å². The lowest BCUT2D eigenvalue weighted by molar-refractivity contribution is 0.116. The third-order valence-electron chi connectivity index (χ3n) is 3.54. The minimum atomic E-state index is 0.445. The third-order valence-corrected chi connectivity index (χ3v) is 3.54. The fraction of sp³-hybridized carbons (Fsp3) is 0.600. The van der Waals surface area contributed by atoms with Gasteiger partial charge in [0, 0.05) is 19.1 Å². The molecule has 4 rings (SSSR count). The van der Waals surface area contributed by atoms with E-state index in [0.29, 0.717) is 17.9 Å². The van der Waals surface area contributed by atoms with Gasteiger partial charge in [0.05, 0.1) is 18.1 Å². The Morgan fingerprint density at radius 3 is 2.64 bits per heavy atom. The van der Waals surface area contributed by atoms with E-state index in [4.69, 9.17) is 5.73 Å². The molecule has 3 fully saturated rings. The Labute approximate surface area is 83.1 Å². The van der Waals surface area contributed by atoms with Crippen molar-refractivity contribution in [3.8, 4) is 0 Å². The molecule has 3 aliphatic rings. The maximum atomic E-state index is 6.01. The number of hydrogen-bond donors (Lipinski definition) is 1. The monoisotopic (exact) mass is 190 g/mol. The molecule has 14 heavy (non-hydrogen) atoms. The second kappa shape index (κ2) is 2.92. The van der Waals surface area contributed by atoms with E-state index in [1.165, 1.54) is 12.1 Å². The first-order valence-corrected chi connectivity index (χ1v) is 5.12. The molecular weight excluding hydrogens is 176 g/mol. The molecule has 74 valence electrons. The quantitative estimate of drug-likeness (QED) is 0.690. The Kier molecular flexibility index (Phi) is 1.70. The van der Waals surface area contributed by atoms with Crippen molar-refractivity contribution in [3.63, 3.8) is 0 Å². The van der Waals surface area contributed by atoms with Gasteiger partial charge in [-0.15, -0.1) is 0 Å². The SMILES string of the molecule is NC1[C@@H]2C[C@H]1CN(c1ccnnc1)C2. The van der Waals surface area contributed by atoms with Crippen LogP contribution >= 0.6 is 0 Å². The first-order valence-electron chi connectivity index (χ1n) is 5.12. The number of nitrogens with two attached hydrogens (primary N) is 1. The lowest BCUT2D eigenvalue weighted by Gasteiger charge is -2.52. The summed E-state index contributed by atoms with van der Waals surface area (Å²) >= 11 is 0. The lowest BCUT2D eigenvalue weighted by atomic mass is 9.67. The van der Waals surface area contributed by atoms with E-state index in [-0.39, 0.29) is 0 Å². The number of rotatable bonds is 1. The van der Waals surface area contributed by atoms with Gasteiger partial charge in [0.1, 0.15) is 0 Å². The van der Waals surface area contributed by atoms with Crippen LogP contribution in [0.15, 0.2) is 18.5 Å². The van der Waals surface area contributed by atoms with Crippen molar-refractivity contribution in [1.29, 1.82) is 0 Å². The van der Waals surface area contributed by atoms with Crippen molar-refractivity contribution < 1.29 is 0 Å². The normalized spacial score (nSPS) is 35.2. The largest absolute Gasteiger partial charge is 0.370 e. The Bertz CT molecular complexity index is 314. The molecule has 0 amide bonds. The number of aromatic nitrogens is 2. The summed E-state index contributed by atoms with van der Waals surface area (Å²) < 4.78 is 0. The number of piperidine rings is 2. The molecule has 2 saturated heterocycles. The zero-order valence-corrected chi connectivity index (χ0v) is 8.00. The predicted octanol–water partition coefficient (Wildman–Crippen LogP) is 0.260. The number of anilines is 1. The highest BCUT2D eigenvalue weighted by Gasteiger charge is 2.44. The van der Waals surface area contributed by atoms with E-state index >= 15 is 0 Å². The van der Waals surface area contributed by atoms with E-state index in [2.05, 4.69) is 15.1 Å². The van der Waals surface area contributed by atoms with Crippen molar-refractivity contribution in [2.24, 2.45) is 17.6 Å². The van der Waals surface area contributed by atoms with E-state index in [1.807, 2.05) is 12.3 Å². The average Bonchev–Trinajstić information content (AvgIpc) is 2.30. The second-order valence-electron chi connectivity index (χ2n) is 4.34. The summed E-state index contributed by atoms with van der Waals surface area (Å²) in [6, 6.07) is 2.46. The molecule has 2 bridgehead atoms. The molecule has 0 radical (unpaired) electrons. The maximum absolute atomic E-state index is 6.01. The van der Waals surface area contributed by atoms with Gasteiger partial charge in [0.25, 0.3) is 0 Å². The van der Waals surface area contributed by atoms with E-state index in [0.717, 1.165) is 13.1 Å². The smallest absolute Gasteiger partial charge is 0.0729 e. The minimum Gasteiger partial charge on any atom is -0.370 e. The van der Waals surface area contributed by atoms with E-state index in [1.54, 1.807) is 6.20 Å². The van der Waals surface area contributed by atoms with Crippen molar-refractivity contribution in [3.05, 3.63) is 18.5 Å². The zero-order valence-electron chi connectivity index (χ0n) is 8.00. The summed E-state index contributed by atoms with van der Waals surface area (Å²) in [5, 5.41) is 7.68. The summed E-state index contributed by atoms with van der Waals surface area (Å²) in [5.74, 6) is 1.39. The van der Waals surface area contributed by atoms with Gasteiger partial charge in [0.2, 0.25) is 0 Å². The molecule has 4 heteroatoms. The van der Waals surface area contributed by atoms with Crippen LogP contribution in [-0.2, 0) is 0 Å². The van der Waals surface area contributed by atoms with Crippen LogP contribution in [0.1, 0.15) is 6.42 Å². The van der Waals surface area contributed by atoms with Gasteiger partial charge in [0.15, 0.2) is 0 Å². The van der Waals surface area contributed by atoms with Crippen LogP contribution < -0.4 is 10.6 Å². The molecule has 1 aromatic heterocycles. The van der Waals surface area contributed by atoms with Gasteiger partial charge < -0.3 is 10.6 Å². The standard InChI is InChI=1S/C10H14N4/c11-10-7-3-8(10)6-14(5-7)9-1-2-12-13-4-9/h1-2,4,7-8,10H,3,5-6,11H2/t7-,8+,10?. The predicted molar refractivity (Wildman–Crippen MR) is 53.8 cm³/mol. The molecule has 0 aromatic carbocycles. The fourth-order valence-corrected chi connectivity index (χ4v) is 2.61. The molecule has 2 N–H and O–H groups in total. The highest BCUT2D eigenvalue weighted by atomic mass is 15.2. The van der Waals surface area contributed by atoms with Crippen molar-refractivity contribution in [2.45, 2.75) is 12.5 Å². The fourth-order valence-electron chi connectivity index (χ4n) is 2.61. The van der Waals surface area contributed by atoms with Gasteiger partial charge in [-0.1, -0.05) is 0 Å². The summed E-state index contributed by atoms with van der Waals surface area (Å²) in [6.07, 6.45) is 4.89. The highest BCUT2D eigenvalue weighted by molar-refractivity contribution is 5.44. The number of fused-ring (bicyclic) bond motifs is 2. The van der Waals surface area contributed by atoms with Crippen LogP contribution in [0.3, 0.4) is 0 Å². The van der Waals surface area contributed by atoms with Crippen LogP contribution in [0, 0.1) is 11.8 Å². The third kappa shape index (κ3) is 1.10. The van der Waals surface area contributed by atoms with Crippen molar-refractivity contribution in [2.75, 3.05) is 18.0 Å². The van der Waals surface area contributed by atoms with E-state index in [9.17, 15) is 0 Å². The van der Waals surface area contributed by atoms with Gasteiger partial charge in [-0.25, -0.2) is 0 Å². The zero-order chi connectivity index (χ0) is 9.54. The summed E-state index contributed by atoms with van der Waals surface area (Å²) in [4.78, 5) is 2.37. The van der Waals surface area contributed by atoms with E-state index < -0.39 is 0 Å². The molecule has 1 saturated carbocycles. The molecule has 3 heterocycles. The summed E-state index contributed by atoms with van der Waals surface area (Å²) in [7, 11) is 0. The van der Waals surface area contributed by atoms with Crippen molar-refractivity contribution in [1.82, 2.24) is 10.2 Å². The van der Waals surface area contributed by atoms with Crippen LogP contribution in [0.2, 0.25) is 0 Å². The van der Waals surface area contributed by atoms with Gasteiger partial charge >= 0.3 is 0 Å². The number of hydrogen-bond acceptors (Lipinski definition) is 4. The first kappa shape index (κ1) is 8.17. The van der Waals surface area contributed by atoms with Crippen LogP contribution in [0.5, 0.6) is 0 Å². The summed E-state index contributed by atoms with van der Waals surface area (Å²) in [6.45, 7) is 2.17.